The molecule has 1 aromatic heterocycles. The molecule has 2 heterocycles. The summed E-state index contributed by atoms with van der Waals surface area (Å²) >= 11 is 1.25. The lowest BCUT2D eigenvalue weighted by molar-refractivity contribution is 0.0595. The summed E-state index contributed by atoms with van der Waals surface area (Å²) in [5.41, 5.74) is 1.13. The molecular weight excluding hydrogens is 408 g/mol. The summed E-state index contributed by atoms with van der Waals surface area (Å²) in [6.45, 7) is 5.05. The van der Waals surface area contributed by atoms with Gasteiger partial charge in [-0.25, -0.2) is 17.5 Å². The third kappa shape index (κ3) is 4.93. The number of hydrogen-bond donors (Lipinski definition) is 0. The minimum absolute atomic E-state index is 0.149. The summed E-state index contributed by atoms with van der Waals surface area (Å²) in [6, 6.07) is 0. The molecular formula is C21H32N2O4S2. The number of thiophene rings is 1. The number of allylic oxidation sites excluding steroid dienone is 2. The smallest absolute Gasteiger partial charge is 0.340 e. The van der Waals surface area contributed by atoms with Gasteiger partial charge in [0.05, 0.1) is 12.7 Å². The first-order valence-electron chi connectivity index (χ1n) is 10.4. The van der Waals surface area contributed by atoms with Crippen LogP contribution in [-0.2, 0) is 27.7 Å². The Balaban J connectivity index is 1.87. The minimum Gasteiger partial charge on any atom is -0.465 e. The fraction of sp³-hybridized carbons (Fsp3) is 0.667. The van der Waals surface area contributed by atoms with Crippen LogP contribution in [0.5, 0.6) is 0 Å². The Morgan fingerprint density at radius 3 is 2.83 bits per heavy atom. The third-order valence-corrected chi connectivity index (χ3v) is 9.43. The van der Waals surface area contributed by atoms with Crippen LogP contribution >= 0.6 is 11.3 Å². The van der Waals surface area contributed by atoms with Crippen molar-refractivity contribution in [3.05, 3.63) is 28.2 Å². The summed E-state index contributed by atoms with van der Waals surface area (Å²) in [6.07, 6.45) is 10.4. The fourth-order valence-corrected chi connectivity index (χ4v) is 7.44. The molecule has 1 aliphatic carbocycles. The molecule has 1 aliphatic heterocycles. The first-order chi connectivity index (χ1) is 13.9. The second-order valence-corrected chi connectivity index (χ2v) is 11.3. The maximum Gasteiger partial charge on any atom is 0.340 e. The molecule has 162 valence electrons. The Morgan fingerprint density at radius 1 is 1.38 bits per heavy atom. The van der Waals surface area contributed by atoms with E-state index in [1.807, 2.05) is 6.92 Å². The van der Waals surface area contributed by atoms with E-state index in [4.69, 9.17) is 4.74 Å². The number of carbonyl (C=O) groups is 1. The predicted molar refractivity (Wildman–Crippen MR) is 116 cm³/mol. The number of sulfonamides is 1. The van der Waals surface area contributed by atoms with Crippen LogP contribution in [0.1, 0.15) is 59.8 Å². The number of carbonyl (C=O) groups excluding carboxylic acids is 1. The van der Waals surface area contributed by atoms with Gasteiger partial charge in [-0.15, -0.1) is 11.3 Å². The Kier molecular flexibility index (Phi) is 7.53. The van der Waals surface area contributed by atoms with Gasteiger partial charge in [0, 0.05) is 38.1 Å². The summed E-state index contributed by atoms with van der Waals surface area (Å²) < 4.78 is 32.9. The van der Waals surface area contributed by atoms with E-state index in [1.165, 1.54) is 29.2 Å². The summed E-state index contributed by atoms with van der Waals surface area (Å²) in [7, 11) is -0.807. The highest BCUT2D eigenvalue weighted by molar-refractivity contribution is 7.91. The topological polar surface area (TPSA) is 66.9 Å². The summed E-state index contributed by atoms with van der Waals surface area (Å²) in [5.74, 6) is 0.112. The highest BCUT2D eigenvalue weighted by atomic mass is 32.2. The number of hydrogen-bond acceptors (Lipinski definition) is 6. The van der Waals surface area contributed by atoms with E-state index in [9.17, 15) is 13.2 Å². The van der Waals surface area contributed by atoms with Gasteiger partial charge in [0.1, 0.15) is 4.21 Å². The third-order valence-electron chi connectivity index (χ3n) is 5.86. The van der Waals surface area contributed by atoms with Crippen molar-refractivity contribution in [2.24, 2.45) is 5.92 Å². The van der Waals surface area contributed by atoms with Crippen LogP contribution in [0.4, 0.5) is 0 Å². The van der Waals surface area contributed by atoms with E-state index in [1.54, 1.807) is 7.05 Å². The van der Waals surface area contributed by atoms with Crippen LogP contribution in [0.2, 0.25) is 0 Å². The average Bonchev–Trinajstić information content (AvgIpc) is 3.11. The fourth-order valence-electron chi connectivity index (χ4n) is 4.11. The zero-order valence-corrected chi connectivity index (χ0v) is 19.3. The van der Waals surface area contributed by atoms with Crippen LogP contribution in [0.15, 0.2) is 16.4 Å². The van der Waals surface area contributed by atoms with E-state index in [-0.39, 0.29) is 9.77 Å². The number of esters is 1. The number of nitrogens with zero attached hydrogens (tertiary/aromatic N) is 2. The number of methoxy groups -OCH3 is 1. The zero-order chi connectivity index (χ0) is 21.0. The number of ether oxygens (including phenoxy) is 1. The molecule has 8 heteroatoms. The standard InChI is InChI=1S/C21H32N2O4S2/c1-4-5-12-22(2)29(25,26)21-19(20(24)27-3)17-11-13-23(15-18(17)28-21)14-16-9-7-6-8-10-16/h6-7,16H,4-5,8-15H2,1-3H3. The second-order valence-electron chi connectivity index (χ2n) is 7.97. The van der Waals surface area contributed by atoms with Crippen molar-refractivity contribution in [3.8, 4) is 0 Å². The number of fused-ring (bicyclic) bond motifs is 1. The number of unbranched alkanes of at least 4 members (excludes halogenated alkanes) is 1. The van der Waals surface area contributed by atoms with E-state index in [0.29, 0.717) is 25.4 Å². The van der Waals surface area contributed by atoms with Gasteiger partial charge in [-0.3, -0.25) is 4.90 Å². The lowest BCUT2D eigenvalue weighted by atomic mass is 9.93. The molecule has 0 spiro atoms. The van der Waals surface area contributed by atoms with Crippen LogP contribution in [0.25, 0.3) is 0 Å². The molecule has 1 aromatic rings. The van der Waals surface area contributed by atoms with Gasteiger partial charge in [0.15, 0.2) is 0 Å². The first kappa shape index (κ1) is 22.5. The normalized spacial score (nSPS) is 20.1. The monoisotopic (exact) mass is 440 g/mol. The van der Waals surface area contributed by atoms with Crippen LogP contribution in [-0.4, -0.2) is 57.4 Å². The quantitative estimate of drug-likeness (QED) is 0.456. The average molecular weight is 441 g/mol. The molecule has 0 N–H and O–H groups in total. The molecule has 29 heavy (non-hydrogen) atoms. The molecule has 0 amide bonds. The highest BCUT2D eigenvalue weighted by Gasteiger charge is 2.36. The Hall–Kier alpha value is -1.22. The lowest BCUT2D eigenvalue weighted by Crippen LogP contribution is -2.34. The molecule has 6 nitrogen and oxygen atoms in total. The van der Waals surface area contributed by atoms with Crippen molar-refractivity contribution >= 4 is 27.3 Å². The van der Waals surface area contributed by atoms with Gasteiger partial charge < -0.3 is 4.74 Å². The van der Waals surface area contributed by atoms with Crippen molar-refractivity contribution in [1.82, 2.24) is 9.21 Å². The van der Waals surface area contributed by atoms with E-state index < -0.39 is 16.0 Å². The molecule has 2 aliphatic rings. The van der Waals surface area contributed by atoms with E-state index >= 15 is 0 Å². The summed E-state index contributed by atoms with van der Waals surface area (Å²) in [4.78, 5) is 15.9. The van der Waals surface area contributed by atoms with Crippen LogP contribution < -0.4 is 0 Å². The Morgan fingerprint density at radius 2 is 2.17 bits per heavy atom. The minimum atomic E-state index is -3.71. The van der Waals surface area contributed by atoms with Gasteiger partial charge >= 0.3 is 5.97 Å². The molecule has 1 unspecified atom stereocenters. The van der Waals surface area contributed by atoms with Gasteiger partial charge in [-0.2, -0.15) is 0 Å². The van der Waals surface area contributed by atoms with Gasteiger partial charge in [-0.05, 0) is 43.6 Å². The molecule has 0 aromatic carbocycles. The molecule has 0 radical (unpaired) electrons. The molecule has 0 saturated carbocycles. The lowest BCUT2D eigenvalue weighted by Gasteiger charge is -2.31. The van der Waals surface area contributed by atoms with Crippen molar-refractivity contribution in [2.45, 2.75) is 56.2 Å². The van der Waals surface area contributed by atoms with E-state index in [2.05, 4.69) is 17.1 Å². The molecule has 0 bridgehead atoms. The van der Waals surface area contributed by atoms with Crippen LogP contribution in [0, 0.1) is 5.92 Å². The molecule has 0 fully saturated rings. The maximum absolute atomic E-state index is 13.2. The Labute approximate surface area is 178 Å². The molecule has 1 atom stereocenters. The largest absolute Gasteiger partial charge is 0.465 e. The SMILES string of the molecule is CCCCN(C)S(=O)(=O)c1sc2c(c1C(=O)OC)CCN(CC1CC=CCC1)C2. The second kappa shape index (κ2) is 9.73. The maximum atomic E-state index is 13.2. The zero-order valence-electron chi connectivity index (χ0n) is 17.6. The van der Waals surface area contributed by atoms with Gasteiger partial charge in [0.25, 0.3) is 10.0 Å². The first-order valence-corrected chi connectivity index (χ1v) is 12.7. The Bertz CT molecular complexity index is 860. The summed E-state index contributed by atoms with van der Waals surface area (Å²) in [5, 5.41) is 0. The van der Waals surface area contributed by atoms with Gasteiger partial charge in [-0.1, -0.05) is 25.5 Å². The molecule has 3 rings (SSSR count). The van der Waals surface area contributed by atoms with Crippen LogP contribution in [0.3, 0.4) is 0 Å². The number of rotatable bonds is 8. The van der Waals surface area contributed by atoms with Crippen molar-refractivity contribution in [3.63, 3.8) is 0 Å². The highest BCUT2D eigenvalue weighted by Crippen LogP contribution is 2.38. The van der Waals surface area contributed by atoms with Crippen molar-refractivity contribution < 1.29 is 17.9 Å². The van der Waals surface area contributed by atoms with Gasteiger partial charge in [0.2, 0.25) is 0 Å². The molecule has 0 saturated heterocycles. The van der Waals surface area contributed by atoms with Crippen molar-refractivity contribution in [1.29, 1.82) is 0 Å². The van der Waals surface area contributed by atoms with E-state index in [0.717, 1.165) is 49.2 Å². The van der Waals surface area contributed by atoms with Crippen molar-refractivity contribution in [2.75, 3.05) is 33.8 Å². The predicted octanol–water partition coefficient (Wildman–Crippen LogP) is 3.67.